The average molecular weight is 201 g/mol. The maximum absolute atomic E-state index is 8.91. The summed E-state index contributed by atoms with van der Waals surface area (Å²) in [6, 6.07) is 0.713. The summed E-state index contributed by atoms with van der Waals surface area (Å²) in [5, 5.41) is 12.3. The van der Waals surface area contributed by atoms with Gasteiger partial charge in [0.25, 0.3) is 0 Å². The number of nitrogens with one attached hydrogen (secondary N) is 1. The second-order valence-corrected chi connectivity index (χ2v) is 4.44. The molecule has 1 heterocycles. The normalized spacial score (nSPS) is 23.4. The van der Waals surface area contributed by atoms with Gasteiger partial charge < -0.3 is 15.2 Å². The molecule has 1 fully saturated rings. The van der Waals surface area contributed by atoms with Gasteiger partial charge in [-0.3, -0.25) is 0 Å². The highest BCUT2D eigenvalue weighted by Gasteiger charge is 2.17. The minimum atomic E-state index is 0.213. The number of aliphatic hydroxyl groups excluding tert-OH is 1. The van der Waals surface area contributed by atoms with Gasteiger partial charge in [0, 0.05) is 25.3 Å². The molecule has 0 saturated carbocycles. The molecule has 0 aliphatic carbocycles. The van der Waals surface area contributed by atoms with Crippen molar-refractivity contribution >= 4 is 0 Å². The van der Waals surface area contributed by atoms with Crippen LogP contribution in [-0.4, -0.2) is 37.0 Å². The van der Waals surface area contributed by atoms with E-state index < -0.39 is 0 Å². The number of hydrogen-bond donors (Lipinski definition) is 2. The standard InChI is InChI=1S/C11H23NO2/c1-9(12-10(2)8-13)7-11-3-5-14-6-4-11/h9-13H,3-8H2,1-2H3/t9?,10-/m0/s1. The molecule has 3 heteroatoms. The van der Waals surface area contributed by atoms with Gasteiger partial charge in [0.1, 0.15) is 0 Å². The van der Waals surface area contributed by atoms with Crippen molar-refractivity contribution in [2.45, 2.75) is 45.2 Å². The van der Waals surface area contributed by atoms with Crippen molar-refractivity contribution < 1.29 is 9.84 Å². The van der Waals surface area contributed by atoms with Crippen LogP contribution >= 0.6 is 0 Å². The fraction of sp³-hybridized carbons (Fsp3) is 1.00. The predicted molar refractivity (Wildman–Crippen MR) is 57.3 cm³/mol. The molecule has 3 nitrogen and oxygen atoms in total. The van der Waals surface area contributed by atoms with Crippen LogP contribution in [0, 0.1) is 5.92 Å². The second kappa shape index (κ2) is 6.38. The van der Waals surface area contributed by atoms with E-state index in [1.807, 2.05) is 6.92 Å². The topological polar surface area (TPSA) is 41.5 Å². The lowest BCUT2D eigenvalue weighted by Crippen LogP contribution is -2.38. The van der Waals surface area contributed by atoms with E-state index in [-0.39, 0.29) is 12.6 Å². The van der Waals surface area contributed by atoms with E-state index >= 15 is 0 Å². The third-order valence-electron chi connectivity index (χ3n) is 2.87. The van der Waals surface area contributed by atoms with Gasteiger partial charge in [0.15, 0.2) is 0 Å². The van der Waals surface area contributed by atoms with Crippen LogP contribution in [0.25, 0.3) is 0 Å². The Kier molecular flexibility index (Phi) is 5.45. The SMILES string of the molecule is CC(CC1CCOCC1)N[C@@H](C)CO. The number of aliphatic hydroxyl groups is 1. The Hall–Kier alpha value is -0.120. The first-order valence-corrected chi connectivity index (χ1v) is 5.67. The molecule has 1 aliphatic heterocycles. The van der Waals surface area contributed by atoms with E-state index in [1.165, 1.54) is 19.3 Å². The van der Waals surface area contributed by atoms with Crippen molar-refractivity contribution in [1.29, 1.82) is 0 Å². The summed E-state index contributed by atoms with van der Waals surface area (Å²) in [5.74, 6) is 0.803. The third-order valence-corrected chi connectivity index (χ3v) is 2.87. The van der Waals surface area contributed by atoms with Gasteiger partial charge >= 0.3 is 0 Å². The lowest BCUT2D eigenvalue weighted by Gasteiger charge is -2.26. The summed E-state index contributed by atoms with van der Waals surface area (Å²) < 4.78 is 5.32. The Labute approximate surface area is 86.8 Å². The van der Waals surface area contributed by atoms with Crippen molar-refractivity contribution in [1.82, 2.24) is 5.32 Å². The molecule has 1 aliphatic rings. The molecule has 1 saturated heterocycles. The minimum absolute atomic E-state index is 0.213. The van der Waals surface area contributed by atoms with Crippen molar-refractivity contribution in [2.24, 2.45) is 5.92 Å². The van der Waals surface area contributed by atoms with Gasteiger partial charge in [-0.1, -0.05) is 0 Å². The monoisotopic (exact) mass is 201 g/mol. The lowest BCUT2D eigenvalue weighted by molar-refractivity contribution is 0.0604. The molecule has 0 amide bonds. The van der Waals surface area contributed by atoms with E-state index in [0.717, 1.165) is 19.1 Å². The van der Waals surface area contributed by atoms with Crippen LogP contribution in [0.2, 0.25) is 0 Å². The molecule has 0 radical (unpaired) electrons. The minimum Gasteiger partial charge on any atom is -0.395 e. The molecule has 1 rings (SSSR count). The molecule has 2 N–H and O–H groups in total. The number of ether oxygens (including phenoxy) is 1. The Bertz CT molecular complexity index is 146. The Balaban J connectivity index is 2.14. The van der Waals surface area contributed by atoms with E-state index in [4.69, 9.17) is 9.84 Å². The van der Waals surface area contributed by atoms with E-state index in [1.54, 1.807) is 0 Å². The van der Waals surface area contributed by atoms with E-state index in [0.29, 0.717) is 6.04 Å². The maximum atomic E-state index is 8.91. The smallest absolute Gasteiger partial charge is 0.0582 e. The summed E-state index contributed by atoms with van der Waals surface area (Å²) in [5.41, 5.74) is 0. The zero-order valence-corrected chi connectivity index (χ0v) is 9.33. The molecular formula is C11H23NO2. The molecule has 0 bridgehead atoms. The molecule has 0 aromatic carbocycles. The fourth-order valence-electron chi connectivity index (χ4n) is 2.09. The molecular weight excluding hydrogens is 178 g/mol. The van der Waals surface area contributed by atoms with Crippen LogP contribution in [0.3, 0.4) is 0 Å². The van der Waals surface area contributed by atoms with Crippen LogP contribution in [-0.2, 0) is 4.74 Å². The molecule has 14 heavy (non-hydrogen) atoms. The number of rotatable bonds is 5. The Morgan fingerprint density at radius 2 is 1.93 bits per heavy atom. The molecule has 1 unspecified atom stereocenters. The van der Waals surface area contributed by atoms with Gasteiger partial charge in [-0.25, -0.2) is 0 Å². The van der Waals surface area contributed by atoms with Gasteiger partial charge in [-0.15, -0.1) is 0 Å². The quantitative estimate of drug-likeness (QED) is 0.701. The van der Waals surface area contributed by atoms with Gasteiger partial charge in [-0.2, -0.15) is 0 Å². The van der Waals surface area contributed by atoms with Gasteiger partial charge in [-0.05, 0) is 39.0 Å². The molecule has 0 aromatic rings. The number of hydrogen-bond acceptors (Lipinski definition) is 3. The van der Waals surface area contributed by atoms with Gasteiger partial charge in [0.05, 0.1) is 6.61 Å². The largest absolute Gasteiger partial charge is 0.395 e. The van der Waals surface area contributed by atoms with Crippen LogP contribution in [0.1, 0.15) is 33.1 Å². The van der Waals surface area contributed by atoms with Crippen molar-refractivity contribution in [3.8, 4) is 0 Å². The van der Waals surface area contributed by atoms with Crippen LogP contribution in [0.4, 0.5) is 0 Å². The third kappa shape index (κ3) is 4.40. The Morgan fingerprint density at radius 1 is 1.29 bits per heavy atom. The highest BCUT2D eigenvalue weighted by molar-refractivity contribution is 4.72. The molecule has 0 aromatic heterocycles. The highest BCUT2D eigenvalue weighted by atomic mass is 16.5. The summed E-state index contributed by atoms with van der Waals surface area (Å²) in [7, 11) is 0. The predicted octanol–water partition coefficient (Wildman–Crippen LogP) is 1.16. The summed E-state index contributed by atoms with van der Waals surface area (Å²) in [6.45, 7) is 6.28. The molecule has 0 spiro atoms. The first-order valence-electron chi connectivity index (χ1n) is 5.67. The molecule has 2 atom stereocenters. The van der Waals surface area contributed by atoms with Crippen molar-refractivity contribution in [2.75, 3.05) is 19.8 Å². The maximum Gasteiger partial charge on any atom is 0.0582 e. The highest BCUT2D eigenvalue weighted by Crippen LogP contribution is 2.19. The second-order valence-electron chi connectivity index (χ2n) is 4.44. The van der Waals surface area contributed by atoms with Crippen LogP contribution in [0.15, 0.2) is 0 Å². The first kappa shape index (κ1) is 12.0. The zero-order valence-electron chi connectivity index (χ0n) is 9.33. The summed E-state index contributed by atoms with van der Waals surface area (Å²) in [6.07, 6.45) is 3.59. The summed E-state index contributed by atoms with van der Waals surface area (Å²) in [4.78, 5) is 0. The summed E-state index contributed by atoms with van der Waals surface area (Å²) >= 11 is 0. The van der Waals surface area contributed by atoms with Crippen molar-refractivity contribution in [3.05, 3.63) is 0 Å². The van der Waals surface area contributed by atoms with Gasteiger partial charge in [0.2, 0.25) is 0 Å². The van der Waals surface area contributed by atoms with E-state index in [9.17, 15) is 0 Å². The lowest BCUT2D eigenvalue weighted by atomic mass is 9.93. The Morgan fingerprint density at radius 3 is 2.50 bits per heavy atom. The van der Waals surface area contributed by atoms with E-state index in [2.05, 4.69) is 12.2 Å². The first-order chi connectivity index (χ1) is 6.72. The van der Waals surface area contributed by atoms with Crippen molar-refractivity contribution in [3.63, 3.8) is 0 Å². The van der Waals surface area contributed by atoms with Crippen LogP contribution < -0.4 is 5.32 Å². The fourth-order valence-corrected chi connectivity index (χ4v) is 2.09. The average Bonchev–Trinajstić information content (AvgIpc) is 2.19. The molecule has 84 valence electrons. The van der Waals surface area contributed by atoms with Crippen LogP contribution in [0.5, 0.6) is 0 Å². The zero-order chi connectivity index (χ0) is 10.4.